The van der Waals surface area contributed by atoms with Crippen molar-refractivity contribution in [3.8, 4) is 11.1 Å². The van der Waals surface area contributed by atoms with Crippen molar-refractivity contribution in [1.82, 2.24) is 10.2 Å². The van der Waals surface area contributed by atoms with E-state index in [1.165, 1.54) is 15.3 Å². The zero-order valence-corrected chi connectivity index (χ0v) is 32.0. The molecule has 2 N–H and O–H groups in total. The first-order chi connectivity index (χ1) is 24.9. The number of hydrogen-bond donors (Lipinski definition) is 2. The van der Waals surface area contributed by atoms with Gasteiger partial charge in [0.1, 0.15) is 19.2 Å². The van der Waals surface area contributed by atoms with E-state index in [2.05, 4.69) is 98.9 Å². The van der Waals surface area contributed by atoms with E-state index in [4.69, 9.17) is 9.16 Å². The molecule has 0 aromatic heterocycles. The van der Waals surface area contributed by atoms with E-state index in [9.17, 15) is 19.5 Å². The topological polar surface area (TPSA) is 105 Å². The monoisotopic (exact) mass is 720 g/mol. The maximum Gasteiger partial charge on any atom is 0.407 e. The number of carbonyl (C=O) groups is 3. The number of nitrogens with zero attached hydrogens (tertiary/aromatic N) is 1. The minimum atomic E-state index is -2.72. The number of ether oxygens (including phenoxy) is 1. The number of amides is 2. The number of carboxylic acids is 1. The van der Waals surface area contributed by atoms with E-state index in [0.29, 0.717) is 25.9 Å². The molecule has 8 nitrogen and oxygen atoms in total. The van der Waals surface area contributed by atoms with Crippen LogP contribution in [0.4, 0.5) is 4.79 Å². The average molecular weight is 721 g/mol. The molecule has 4 aromatic carbocycles. The van der Waals surface area contributed by atoms with E-state index in [1.807, 2.05) is 50.2 Å². The van der Waals surface area contributed by atoms with E-state index in [0.717, 1.165) is 22.3 Å². The van der Waals surface area contributed by atoms with Gasteiger partial charge in [-0.15, -0.1) is 0 Å². The fourth-order valence-electron chi connectivity index (χ4n) is 7.52. The Kier molecular flexibility index (Phi) is 12.7. The van der Waals surface area contributed by atoms with Crippen molar-refractivity contribution in [3.63, 3.8) is 0 Å². The van der Waals surface area contributed by atoms with Crippen LogP contribution in [0.3, 0.4) is 0 Å². The molecule has 0 saturated carbocycles. The largest absolute Gasteiger partial charge is 0.480 e. The van der Waals surface area contributed by atoms with Crippen molar-refractivity contribution in [3.05, 3.63) is 120 Å². The molecule has 5 rings (SSSR count). The lowest BCUT2D eigenvalue weighted by Crippen LogP contribution is -2.66. The van der Waals surface area contributed by atoms with E-state index in [-0.39, 0.29) is 30.0 Å². The molecule has 0 fully saturated rings. The fraction of sp³-hybridized carbons (Fsp3) is 0.372. The molecule has 1 aliphatic rings. The zero-order valence-electron chi connectivity index (χ0n) is 31.0. The molecule has 0 spiro atoms. The van der Waals surface area contributed by atoms with Crippen LogP contribution in [-0.4, -0.2) is 68.6 Å². The number of unbranched alkanes of at least 4 members (excludes halogenated alkanes) is 1. The predicted octanol–water partition coefficient (Wildman–Crippen LogP) is 7.21. The van der Waals surface area contributed by atoms with Gasteiger partial charge in [0.15, 0.2) is 0 Å². The highest BCUT2D eigenvalue weighted by Gasteiger charge is 2.50. The van der Waals surface area contributed by atoms with Gasteiger partial charge in [0.05, 0.1) is 0 Å². The van der Waals surface area contributed by atoms with Crippen LogP contribution in [0.2, 0.25) is 5.04 Å². The van der Waals surface area contributed by atoms with Gasteiger partial charge in [-0.3, -0.25) is 9.59 Å². The third kappa shape index (κ3) is 8.82. The van der Waals surface area contributed by atoms with Gasteiger partial charge in [-0.05, 0) is 62.8 Å². The molecule has 0 radical (unpaired) electrons. The Morgan fingerprint density at radius 1 is 0.788 bits per heavy atom. The first kappa shape index (κ1) is 38.5. The van der Waals surface area contributed by atoms with Crippen LogP contribution < -0.4 is 15.7 Å². The zero-order chi connectivity index (χ0) is 37.3. The Bertz CT molecular complexity index is 1720. The van der Waals surface area contributed by atoms with Gasteiger partial charge in [0.25, 0.3) is 8.32 Å². The highest BCUT2D eigenvalue weighted by Crippen LogP contribution is 2.44. The number of carboxylic acid groups (broad SMARTS) is 1. The summed E-state index contributed by atoms with van der Waals surface area (Å²) in [7, 11) is -2.72. The molecule has 9 heteroatoms. The number of alkyl carbamates (subject to hydrolysis) is 1. The summed E-state index contributed by atoms with van der Waals surface area (Å²) in [5, 5.41) is 14.8. The molecule has 0 heterocycles. The number of fused-ring (bicyclic) bond motifs is 3. The van der Waals surface area contributed by atoms with Gasteiger partial charge in [0.2, 0.25) is 5.91 Å². The maximum absolute atomic E-state index is 13.9. The molecule has 0 unspecified atom stereocenters. The van der Waals surface area contributed by atoms with Crippen LogP contribution in [0, 0.1) is 5.92 Å². The molecule has 0 bridgehead atoms. The minimum absolute atomic E-state index is 0.0642. The molecular weight excluding hydrogens is 669 g/mol. The van der Waals surface area contributed by atoms with Crippen LogP contribution >= 0.6 is 0 Å². The smallest absolute Gasteiger partial charge is 0.407 e. The summed E-state index contributed by atoms with van der Waals surface area (Å²) in [6.07, 6.45) is 0.810. The van der Waals surface area contributed by atoms with Gasteiger partial charge in [-0.2, -0.15) is 0 Å². The van der Waals surface area contributed by atoms with E-state index in [1.54, 1.807) is 0 Å². The van der Waals surface area contributed by atoms with Gasteiger partial charge in [-0.1, -0.05) is 144 Å². The number of nitrogens with one attached hydrogen (secondary N) is 1. The van der Waals surface area contributed by atoms with Crippen molar-refractivity contribution >= 4 is 36.7 Å². The van der Waals surface area contributed by atoms with Crippen LogP contribution in [-0.2, 0) is 18.8 Å². The number of carbonyl (C=O) groups excluding carboxylic acids is 2. The number of benzene rings is 4. The lowest BCUT2D eigenvalue weighted by Gasteiger charge is -2.43. The molecule has 1 aliphatic carbocycles. The average Bonchev–Trinajstić information content (AvgIpc) is 3.44. The summed E-state index contributed by atoms with van der Waals surface area (Å²) in [5.74, 6) is -1.60. The molecule has 0 aliphatic heterocycles. The lowest BCUT2D eigenvalue weighted by molar-refractivity contribution is -0.145. The normalized spacial score (nSPS) is 13.3. The quantitative estimate of drug-likeness (QED) is 0.0937. The number of hydrogen-bond acceptors (Lipinski definition) is 5. The van der Waals surface area contributed by atoms with Crippen molar-refractivity contribution in [2.75, 3.05) is 26.3 Å². The second-order valence-corrected chi connectivity index (χ2v) is 19.3. The molecular formula is C43H52N2O6Si. The van der Waals surface area contributed by atoms with Crippen molar-refractivity contribution in [2.24, 2.45) is 5.92 Å². The molecule has 0 saturated heterocycles. The van der Waals surface area contributed by atoms with Crippen LogP contribution in [0.5, 0.6) is 0 Å². The van der Waals surface area contributed by atoms with E-state index >= 15 is 0 Å². The second-order valence-electron chi connectivity index (χ2n) is 15.0. The Morgan fingerprint density at radius 3 is 1.81 bits per heavy atom. The number of aliphatic carboxylic acids is 1. The van der Waals surface area contributed by atoms with Crippen molar-refractivity contribution in [2.45, 2.75) is 70.9 Å². The van der Waals surface area contributed by atoms with Gasteiger partial charge in [-0.25, -0.2) is 4.79 Å². The highest BCUT2D eigenvalue weighted by atomic mass is 28.4. The summed E-state index contributed by atoms with van der Waals surface area (Å²) in [4.78, 5) is 40.5. The van der Waals surface area contributed by atoms with Crippen LogP contribution in [0.25, 0.3) is 11.1 Å². The highest BCUT2D eigenvalue weighted by molar-refractivity contribution is 6.99. The van der Waals surface area contributed by atoms with Crippen molar-refractivity contribution in [1.29, 1.82) is 0 Å². The predicted molar refractivity (Wildman–Crippen MR) is 208 cm³/mol. The summed E-state index contributed by atoms with van der Waals surface area (Å²) < 4.78 is 12.8. The third-order valence-electron chi connectivity index (χ3n) is 9.84. The van der Waals surface area contributed by atoms with Gasteiger partial charge >= 0.3 is 12.1 Å². The SMILES string of the molecule is CC(C)C[C@H](NC(=O)OCC1c2ccccc2-c2ccccc21)C(=O)N(CCCCO[Si](c1ccccc1)(c1ccccc1)C(C)(C)C)CC(=O)O. The molecule has 1 atom stereocenters. The summed E-state index contributed by atoms with van der Waals surface area (Å²) in [6.45, 7) is 10.9. The molecule has 2 amide bonds. The molecule has 274 valence electrons. The Hall–Kier alpha value is -4.73. The first-order valence-electron chi connectivity index (χ1n) is 18.3. The summed E-state index contributed by atoms with van der Waals surface area (Å²) in [5.41, 5.74) is 4.44. The minimum Gasteiger partial charge on any atom is -0.480 e. The van der Waals surface area contributed by atoms with Gasteiger partial charge < -0.3 is 24.5 Å². The van der Waals surface area contributed by atoms with Crippen LogP contribution in [0.15, 0.2) is 109 Å². The summed E-state index contributed by atoms with van der Waals surface area (Å²) >= 11 is 0. The Morgan fingerprint density at radius 2 is 1.31 bits per heavy atom. The molecule has 4 aromatic rings. The Labute approximate surface area is 309 Å². The van der Waals surface area contributed by atoms with E-state index < -0.39 is 38.9 Å². The lowest BCUT2D eigenvalue weighted by atomic mass is 9.98. The first-order valence-corrected chi connectivity index (χ1v) is 20.2. The second kappa shape index (κ2) is 17.2. The third-order valence-corrected chi connectivity index (χ3v) is 14.9. The fourth-order valence-corrected chi connectivity index (χ4v) is 12.1. The number of rotatable bonds is 16. The van der Waals surface area contributed by atoms with Crippen LogP contribution in [0.1, 0.15) is 70.9 Å². The molecule has 52 heavy (non-hydrogen) atoms. The summed E-state index contributed by atoms with van der Waals surface area (Å²) in [6, 6.07) is 36.1. The Balaban J connectivity index is 1.23. The van der Waals surface area contributed by atoms with Gasteiger partial charge in [0, 0.05) is 19.1 Å². The maximum atomic E-state index is 13.9. The standard InChI is InChI=1S/C43H52N2O6Si/c1-31(2)28-39(44-42(49)50-30-38-36-24-14-12-22-34(36)35-23-13-15-25-37(35)38)41(48)45(29-40(46)47)26-16-17-27-51-52(43(3,4)5,32-18-8-6-9-19-32)33-20-10-7-11-21-33/h6-15,18-25,31,38-39H,16-17,26-30H2,1-5H3,(H,44,49)(H,46,47)/t39-/m0/s1. The van der Waals surface area contributed by atoms with Crippen molar-refractivity contribution < 1.29 is 28.7 Å².